The first-order valence-electron chi connectivity index (χ1n) is 10.4. The fourth-order valence-electron chi connectivity index (χ4n) is 3.91. The molecule has 9 heteroatoms. The number of hydrogen-bond acceptors (Lipinski definition) is 6. The van der Waals surface area contributed by atoms with Crippen LogP contribution in [0.25, 0.3) is 5.69 Å². The number of amides is 1. The van der Waals surface area contributed by atoms with Gasteiger partial charge in [-0.15, -0.1) is 5.10 Å². The molecule has 0 fully saturated rings. The SMILES string of the molecule is COc1cc2c(cc1OC)CN(CCNC(=O)c1nnn(-c3ccc(F)cc3)c1C)CC2. The zero-order valence-electron chi connectivity index (χ0n) is 18.4. The highest BCUT2D eigenvalue weighted by Gasteiger charge is 2.21. The summed E-state index contributed by atoms with van der Waals surface area (Å²) in [5.74, 6) is 0.860. The van der Waals surface area contributed by atoms with E-state index in [1.54, 1.807) is 33.3 Å². The van der Waals surface area contributed by atoms with E-state index in [9.17, 15) is 9.18 Å². The topological polar surface area (TPSA) is 81.5 Å². The van der Waals surface area contributed by atoms with Crippen LogP contribution in [0.15, 0.2) is 36.4 Å². The third kappa shape index (κ3) is 4.43. The first kappa shape index (κ1) is 21.8. The number of carbonyl (C=O) groups is 1. The minimum Gasteiger partial charge on any atom is -0.493 e. The summed E-state index contributed by atoms with van der Waals surface area (Å²) in [5.41, 5.74) is 3.97. The summed E-state index contributed by atoms with van der Waals surface area (Å²) in [6, 6.07) is 9.95. The number of benzene rings is 2. The number of rotatable bonds is 7. The zero-order valence-corrected chi connectivity index (χ0v) is 18.4. The molecule has 1 aromatic heterocycles. The summed E-state index contributed by atoms with van der Waals surface area (Å²) in [6.45, 7) is 4.65. The molecule has 0 aliphatic carbocycles. The average molecular weight is 439 g/mol. The number of aromatic nitrogens is 3. The summed E-state index contributed by atoms with van der Waals surface area (Å²) >= 11 is 0. The molecule has 168 valence electrons. The van der Waals surface area contributed by atoms with E-state index >= 15 is 0 Å². The van der Waals surface area contributed by atoms with Crippen LogP contribution in [-0.4, -0.2) is 59.7 Å². The quantitative estimate of drug-likeness (QED) is 0.609. The van der Waals surface area contributed by atoms with Crippen molar-refractivity contribution in [3.8, 4) is 17.2 Å². The molecular formula is C23H26FN5O3. The summed E-state index contributed by atoms with van der Waals surface area (Å²) < 4.78 is 25.5. The van der Waals surface area contributed by atoms with Gasteiger partial charge in [0.25, 0.3) is 5.91 Å². The first-order valence-corrected chi connectivity index (χ1v) is 10.4. The van der Waals surface area contributed by atoms with Gasteiger partial charge in [-0.25, -0.2) is 9.07 Å². The minimum atomic E-state index is -0.331. The molecule has 4 rings (SSSR count). The predicted molar refractivity (Wildman–Crippen MR) is 117 cm³/mol. The number of nitrogens with zero attached hydrogens (tertiary/aromatic N) is 4. The molecule has 0 spiro atoms. The Labute approximate surface area is 185 Å². The van der Waals surface area contributed by atoms with E-state index in [-0.39, 0.29) is 17.4 Å². The molecule has 0 bridgehead atoms. The molecule has 8 nitrogen and oxygen atoms in total. The van der Waals surface area contributed by atoms with E-state index in [4.69, 9.17) is 9.47 Å². The van der Waals surface area contributed by atoms with Crippen LogP contribution in [0.1, 0.15) is 27.3 Å². The molecule has 1 N–H and O–H groups in total. The van der Waals surface area contributed by atoms with Crippen LogP contribution in [-0.2, 0) is 13.0 Å². The monoisotopic (exact) mass is 439 g/mol. The van der Waals surface area contributed by atoms with Gasteiger partial charge in [0.2, 0.25) is 0 Å². The number of nitrogens with one attached hydrogen (secondary N) is 1. The second-order valence-electron chi connectivity index (χ2n) is 7.67. The van der Waals surface area contributed by atoms with Crippen LogP contribution in [0.5, 0.6) is 11.5 Å². The summed E-state index contributed by atoms with van der Waals surface area (Å²) in [4.78, 5) is 14.9. The maximum Gasteiger partial charge on any atom is 0.273 e. The fraction of sp³-hybridized carbons (Fsp3) is 0.348. The standard InChI is InChI=1S/C23H26FN5O3/c1-15-22(26-27-29(15)19-6-4-18(24)5-7-19)23(30)25-9-11-28-10-8-16-12-20(31-2)21(32-3)13-17(16)14-28/h4-7,12-13H,8-11,14H2,1-3H3,(H,25,30). The Hall–Kier alpha value is -3.46. The third-order valence-corrected chi connectivity index (χ3v) is 5.69. The summed E-state index contributed by atoms with van der Waals surface area (Å²) in [5, 5.41) is 11.0. The molecule has 1 amide bonds. The zero-order chi connectivity index (χ0) is 22.7. The van der Waals surface area contributed by atoms with Crippen molar-refractivity contribution in [1.29, 1.82) is 0 Å². The number of fused-ring (bicyclic) bond motifs is 1. The van der Waals surface area contributed by atoms with Gasteiger partial charge >= 0.3 is 0 Å². The van der Waals surface area contributed by atoms with E-state index in [1.807, 2.05) is 12.1 Å². The molecule has 0 radical (unpaired) electrons. The molecule has 1 aliphatic heterocycles. The Kier molecular flexibility index (Phi) is 6.36. The molecule has 2 heterocycles. The second kappa shape index (κ2) is 9.35. The van der Waals surface area contributed by atoms with E-state index in [1.165, 1.54) is 27.9 Å². The van der Waals surface area contributed by atoms with E-state index < -0.39 is 0 Å². The predicted octanol–water partition coefficient (Wildman–Crippen LogP) is 2.52. The molecule has 2 aromatic carbocycles. The van der Waals surface area contributed by atoms with Gasteiger partial charge in [0.1, 0.15) is 5.82 Å². The van der Waals surface area contributed by atoms with Crippen molar-refractivity contribution in [3.05, 3.63) is 64.7 Å². The minimum absolute atomic E-state index is 0.259. The van der Waals surface area contributed by atoms with E-state index in [2.05, 4.69) is 20.5 Å². The Balaban J connectivity index is 1.34. The molecule has 1 aliphatic rings. The highest BCUT2D eigenvalue weighted by Crippen LogP contribution is 2.33. The lowest BCUT2D eigenvalue weighted by molar-refractivity contribution is 0.0941. The molecule has 0 unspecified atom stereocenters. The average Bonchev–Trinajstić information content (AvgIpc) is 3.19. The highest BCUT2D eigenvalue weighted by molar-refractivity contribution is 5.93. The van der Waals surface area contributed by atoms with Crippen LogP contribution < -0.4 is 14.8 Å². The maximum absolute atomic E-state index is 13.2. The maximum atomic E-state index is 13.2. The number of hydrogen-bond donors (Lipinski definition) is 1. The number of carbonyl (C=O) groups excluding carboxylic acids is 1. The fourth-order valence-corrected chi connectivity index (χ4v) is 3.91. The molecular weight excluding hydrogens is 413 g/mol. The van der Waals surface area contributed by atoms with Crippen molar-refractivity contribution >= 4 is 5.91 Å². The molecule has 0 saturated heterocycles. The van der Waals surface area contributed by atoms with Crippen molar-refractivity contribution in [2.75, 3.05) is 33.9 Å². The van der Waals surface area contributed by atoms with Crippen molar-refractivity contribution in [1.82, 2.24) is 25.2 Å². The highest BCUT2D eigenvalue weighted by atomic mass is 19.1. The number of methoxy groups -OCH3 is 2. The Bertz CT molecular complexity index is 1110. The number of halogens is 1. The first-order chi connectivity index (χ1) is 15.5. The second-order valence-corrected chi connectivity index (χ2v) is 7.67. The Morgan fingerprint density at radius 3 is 2.50 bits per heavy atom. The summed E-state index contributed by atoms with van der Waals surface area (Å²) in [7, 11) is 3.27. The number of ether oxygens (including phenoxy) is 2. The third-order valence-electron chi connectivity index (χ3n) is 5.69. The van der Waals surface area contributed by atoms with Crippen molar-refractivity contribution in [2.24, 2.45) is 0 Å². The molecule has 0 saturated carbocycles. The van der Waals surface area contributed by atoms with Crippen LogP contribution in [0, 0.1) is 12.7 Å². The Morgan fingerprint density at radius 2 is 1.81 bits per heavy atom. The lowest BCUT2D eigenvalue weighted by atomic mass is 9.99. The van der Waals surface area contributed by atoms with Crippen LogP contribution in [0.2, 0.25) is 0 Å². The normalized spacial score (nSPS) is 13.5. The van der Waals surface area contributed by atoms with Crippen LogP contribution in [0.4, 0.5) is 4.39 Å². The lowest BCUT2D eigenvalue weighted by Gasteiger charge is -2.29. The smallest absolute Gasteiger partial charge is 0.273 e. The van der Waals surface area contributed by atoms with Crippen molar-refractivity contribution in [3.63, 3.8) is 0 Å². The van der Waals surface area contributed by atoms with Gasteiger partial charge in [0.15, 0.2) is 17.2 Å². The van der Waals surface area contributed by atoms with Crippen molar-refractivity contribution < 1.29 is 18.7 Å². The van der Waals surface area contributed by atoms with Gasteiger partial charge in [0.05, 0.1) is 25.6 Å². The molecule has 32 heavy (non-hydrogen) atoms. The van der Waals surface area contributed by atoms with Crippen LogP contribution in [0.3, 0.4) is 0 Å². The van der Waals surface area contributed by atoms with E-state index in [0.717, 1.165) is 31.0 Å². The lowest BCUT2D eigenvalue weighted by Crippen LogP contribution is -2.38. The van der Waals surface area contributed by atoms with E-state index in [0.29, 0.717) is 24.5 Å². The van der Waals surface area contributed by atoms with Gasteiger partial charge in [-0.2, -0.15) is 0 Å². The summed E-state index contributed by atoms with van der Waals surface area (Å²) in [6.07, 6.45) is 0.911. The Morgan fingerprint density at radius 1 is 1.12 bits per heavy atom. The van der Waals surface area contributed by atoms with Gasteiger partial charge in [-0.05, 0) is 60.9 Å². The van der Waals surface area contributed by atoms with Crippen LogP contribution >= 0.6 is 0 Å². The largest absolute Gasteiger partial charge is 0.493 e. The molecule has 0 atom stereocenters. The van der Waals surface area contributed by atoms with Crippen molar-refractivity contribution in [2.45, 2.75) is 19.9 Å². The van der Waals surface area contributed by atoms with Gasteiger partial charge in [0, 0.05) is 26.2 Å². The van der Waals surface area contributed by atoms with Gasteiger partial charge in [-0.3, -0.25) is 9.69 Å². The van der Waals surface area contributed by atoms with Gasteiger partial charge < -0.3 is 14.8 Å². The van der Waals surface area contributed by atoms with Gasteiger partial charge in [-0.1, -0.05) is 5.21 Å². The molecule has 3 aromatic rings.